The minimum Gasteiger partial charge on any atom is -0.454 e. The molecule has 1 unspecified atom stereocenters. The van der Waals surface area contributed by atoms with Gasteiger partial charge in [-0.3, -0.25) is 14.6 Å². The van der Waals surface area contributed by atoms with Crippen molar-refractivity contribution >= 4 is 10.9 Å². The van der Waals surface area contributed by atoms with Crippen LogP contribution in [0.25, 0.3) is 10.9 Å². The smallest absolute Gasteiger partial charge is 0.253 e. The maximum absolute atomic E-state index is 13.6. The molecule has 39 heavy (non-hydrogen) atoms. The molecule has 0 saturated carbocycles. The lowest BCUT2D eigenvalue weighted by Crippen LogP contribution is -2.49. The van der Waals surface area contributed by atoms with E-state index < -0.39 is 0 Å². The standard InChI is InChI=1S/C29H35N7O3/c1-18-12-21-15-22(28(37)30-23(21)13-19(18)2)26(27-31-32-33-36(27)29(3,4)5)35-10-8-34(9-11-35)16-20-6-7-24-25(14-20)39-17-38-24/h6-7,12-15,26H,8-11,16-17H2,1-5H3,(H,30,37). The molecule has 1 N–H and O–H groups in total. The predicted octanol–water partition coefficient (Wildman–Crippen LogP) is 3.52. The normalized spacial score (nSPS) is 17.2. The molecule has 2 aromatic heterocycles. The van der Waals surface area contributed by atoms with Crippen LogP contribution in [0.5, 0.6) is 11.5 Å². The summed E-state index contributed by atoms with van der Waals surface area (Å²) in [5.41, 5.74) is 4.59. The van der Waals surface area contributed by atoms with E-state index in [-0.39, 0.29) is 23.9 Å². The van der Waals surface area contributed by atoms with Crippen LogP contribution in [0, 0.1) is 13.8 Å². The van der Waals surface area contributed by atoms with Gasteiger partial charge in [0.05, 0.1) is 5.54 Å². The summed E-state index contributed by atoms with van der Waals surface area (Å²) in [5, 5.41) is 13.9. The first-order valence-electron chi connectivity index (χ1n) is 13.5. The van der Waals surface area contributed by atoms with E-state index in [2.05, 4.69) is 83.1 Å². The third-order valence-electron chi connectivity index (χ3n) is 7.77. The van der Waals surface area contributed by atoms with Gasteiger partial charge in [-0.2, -0.15) is 0 Å². The molecule has 1 saturated heterocycles. The van der Waals surface area contributed by atoms with Crippen molar-refractivity contribution in [1.82, 2.24) is 35.0 Å². The Morgan fingerprint density at radius 3 is 2.49 bits per heavy atom. The molecule has 1 atom stereocenters. The van der Waals surface area contributed by atoms with Gasteiger partial charge in [0, 0.05) is 43.8 Å². The number of piperazine rings is 1. The lowest BCUT2D eigenvalue weighted by atomic mass is 9.99. The lowest BCUT2D eigenvalue weighted by molar-refractivity contribution is 0.0975. The highest BCUT2D eigenvalue weighted by molar-refractivity contribution is 5.81. The van der Waals surface area contributed by atoms with Gasteiger partial charge < -0.3 is 14.5 Å². The lowest BCUT2D eigenvalue weighted by Gasteiger charge is -2.39. The molecule has 0 amide bonds. The number of rotatable bonds is 5. The zero-order valence-electron chi connectivity index (χ0n) is 23.2. The van der Waals surface area contributed by atoms with E-state index >= 15 is 0 Å². The topological polar surface area (TPSA) is 101 Å². The molecule has 204 valence electrons. The number of hydrogen-bond donors (Lipinski definition) is 1. The Morgan fingerprint density at radius 2 is 1.72 bits per heavy atom. The second-order valence-corrected chi connectivity index (χ2v) is 11.6. The van der Waals surface area contributed by atoms with E-state index in [1.165, 1.54) is 11.1 Å². The summed E-state index contributed by atoms with van der Waals surface area (Å²) in [7, 11) is 0. The van der Waals surface area contributed by atoms with E-state index in [1.54, 1.807) is 0 Å². The van der Waals surface area contributed by atoms with Crippen LogP contribution in [-0.4, -0.2) is 68.0 Å². The van der Waals surface area contributed by atoms with E-state index in [9.17, 15) is 4.79 Å². The van der Waals surface area contributed by atoms with Crippen molar-refractivity contribution in [2.75, 3.05) is 33.0 Å². The SMILES string of the molecule is Cc1cc2cc(C(c3nnnn3C(C)(C)C)N3CCN(Cc4ccc5c(c4)OCO5)CC3)c(=O)[nH]c2cc1C. The van der Waals surface area contributed by atoms with Crippen LogP contribution < -0.4 is 15.0 Å². The number of nitrogens with zero attached hydrogens (tertiary/aromatic N) is 6. The Hall–Kier alpha value is -3.76. The molecule has 4 aromatic rings. The molecule has 2 aliphatic heterocycles. The minimum atomic E-state index is -0.373. The number of nitrogens with one attached hydrogen (secondary N) is 1. The predicted molar refractivity (Wildman–Crippen MR) is 148 cm³/mol. The van der Waals surface area contributed by atoms with Gasteiger partial charge in [0.2, 0.25) is 6.79 Å². The Bertz CT molecular complexity index is 1580. The zero-order valence-corrected chi connectivity index (χ0v) is 23.2. The van der Waals surface area contributed by atoms with Gasteiger partial charge in [-0.05, 0) is 97.5 Å². The molecule has 0 bridgehead atoms. The summed E-state index contributed by atoms with van der Waals surface area (Å²) in [4.78, 5) is 21.5. The Balaban J connectivity index is 1.32. The van der Waals surface area contributed by atoms with Crippen LogP contribution >= 0.6 is 0 Å². The van der Waals surface area contributed by atoms with Gasteiger partial charge in [-0.15, -0.1) is 5.10 Å². The van der Waals surface area contributed by atoms with Gasteiger partial charge in [0.1, 0.15) is 6.04 Å². The van der Waals surface area contributed by atoms with E-state index in [4.69, 9.17) is 9.47 Å². The monoisotopic (exact) mass is 529 g/mol. The third kappa shape index (κ3) is 4.90. The number of ether oxygens (including phenoxy) is 2. The molecule has 2 aliphatic rings. The number of aromatic amines is 1. The average molecular weight is 530 g/mol. The molecule has 2 aromatic carbocycles. The number of aromatic nitrogens is 5. The molecule has 6 rings (SSSR count). The number of tetrazole rings is 1. The minimum absolute atomic E-state index is 0.109. The number of benzene rings is 2. The van der Waals surface area contributed by atoms with Gasteiger partial charge in [-0.25, -0.2) is 4.68 Å². The van der Waals surface area contributed by atoms with Crippen molar-refractivity contribution in [3.63, 3.8) is 0 Å². The Morgan fingerprint density at radius 1 is 0.974 bits per heavy atom. The Labute approximate surface area is 227 Å². The van der Waals surface area contributed by atoms with Gasteiger partial charge in [-0.1, -0.05) is 6.07 Å². The number of hydrogen-bond acceptors (Lipinski definition) is 8. The maximum atomic E-state index is 13.6. The van der Waals surface area contributed by atoms with E-state index in [0.717, 1.165) is 60.7 Å². The fourth-order valence-electron chi connectivity index (χ4n) is 5.52. The van der Waals surface area contributed by atoms with Gasteiger partial charge in [0.15, 0.2) is 17.3 Å². The number of aryl methyl sites for hydroxylation is 2. The van der Waals surface area contributed by atoms with Crippen LogP contribution in [0.1, 0.15) is 54.9 Å². The molecule has 10 heteroatoms. The molecule has 1 fully saturated rings. The molecule has 0 radical (unpaired) electrons. The van der Waals surface area contributed by atoms with Gasteiger partial charge >= 0.3 is 0 Å². The molecule has 0 aliphatic carbocycles. The van der Waals surface area contributed by atoms with Crippen LogP contribution in [0.4, 0.5) is 0 Å². The fraction of sp³-hybridized carbons (Fsp3) is 0.448. The summed E-state index contributed by atoms with van der Waals surface area (Å²) in [6.45, 7) is 14.7. The molecular formula is C29H35N7O3. The highest BCUT2D eigenvalue weighted by Gasteiger charge is 2.35. The maximum Gasteiger partial charge on any atom is 0.253 e. The average Bonchev–Trinajstić information content (AvgIpc) is 3.56. The first-order chi connectivity index (χ1) is 18.7. The fourth-order valence-corrected chi connectivity index (χ4v) is 5.52. The molecule has 4 heterocycles. The molecule has 0 spiro atoms. The van der Waals surface area contributed by atoms with Gasteiger partial charge in [0.25, 0.3) is 5.56 Å². The molecule has 10 nitrogen and oxygen atoms in total. The quantitative estimate of drug-likeness (QED) is 0.419. The number of H-pyrrole nitrogens is 1. The summed E-state index contributed by atoms with van der Waals surface area (Å²) < 4.78 is 12.9. The summed E-state index contributed by atoms with van der Waals surface area (Å²) in [5.74, 6) is 2.29. The second-order valence-electron chi connectivity index (χ2n) is 11.6. The van der Waals surface area contributed by atoms with Crippen molar-refractivity contribution in [3.8, 4) is 11.5 Å². The number of pyridine rings is 1. The first-order valence-corrected chi connectivity index (χ1v) is 13.5. The van der Waals surface area contributed by atoms with Crippen molar-refractivity contribution in [2.24, 2.45) is 0 Å². The van der Waals surface area contributed by atoms with Crippen LogP contribution in [0.2, 0.25) is 0 Å². The zero-order chi connectivity index (χ0) is 27.3. The first kappa shape index (κ1) is 25.5. The Kier molecular flexibility index (Phi) is 6.39. The van der Waals surface area contributed by atoms with Crippen LogP contribution in [-0.2, 0) is 12.1 Å². The van der Waals surface area contributed by atoms with Crippen LogP contribution in [0.3, 0.4) is 0 Å². The van der Waals surface area contributed by atoms with Crippen LogP contribution in [0.15, 0.2) is 41.2 Å². The highest BCUT2D eigenvalue weighted by Crippen LogP contribution is 2.34. The second kappa shape index (κ2) is 9.77. The molecular weight excluding hydrogens is 494 g/mol. The van der Waals surface area contributed by atoms with Crippen molar-refractivity contribution < 1.29 is 9.47 Å². The summed E-state index contributed by atoms with van der Waals surface area (Å²) in [6, 6.07) is 12.0. The highest BCUT2D eigenvalue weighted by atomic mass is 16.7. The number of fused-ring (bicyclic) bond motifs is 2. The van der Waals surface area contributed by atoms with Crippen molar-refractivity contribution in [1.29, 1.82) is 0 Å². The largest absolute Gasteiger partial charge is 0.454 e. The third-order valence-corrected chi connectivity index (χ3v) is 7.77. The van der Waals surface area contributed by atoms with E-state index in [1.807, 2.05) is 22.9 Å². The van der Waals surface area contributed by atoms with Crippen molar-refractivity contribution in [2.45, 2.75) is 52.7 Å². The van der Waals surface area contributed by atoms with E-state index in [0.29, 0.717) is 11.4 Å². The van der Waals surface area contributed by atoms with Crippen molar-refractivity contribution in [3.05, 3.63) is 74.8 Å². The summed E-state index contributed by atoms with van der Waals surface area (Å²) in [6.07, 6.45) is 0. The summed E-state index contributed by atoms with van der Waals surface area (Å²) >= 11 is 0.